The third-order valence-corrected chi connectivity index (χ3v) is 3.51. The van der Waals surface area contributed by atoms with E-state index in [0.29, 0.717) is 12.5 Å². The van der Waals surface area contributed by atoms with E-state index in [1.165, 1.54) is 25.7 Å². The molecule has 94 valence electrons. The number of methoxy groups -OCH3 is 1. The topological polar surface area (TPSA) is 44.5 Å². The summed E-state index contributed by atoms with van der Waals surface area (Å²) in [6.45, 7) is 0.608. The van der Waals surface area contributed by atoms with Gasteiger partial charge in [-0.15, -0.1) is 0 Å². The molecule has 3 heteroatoms. The fourth-order valence-electron chi connectivity index (χ4n) is 2.39. The molecule has 0 aromatic heterocycles. The number of benzene rings is 1. The molecule has 1 aliphatic carbocycles. The molecular weight excluding hydrogens is 214 g/mol. The zero-order chi connectivity index (χ0) is 12.1. The number of rotatable bonds is 5. The average molecular weight is 235 g/mol. The Kier molecular flexibility index (Phi) is 4.26. The highest BCUT2D eigenvalue weighted by Crippen LogP contribution is 2.27. The molecule has 1 unspecified atom stereocenters. The normalized spacial score (nSPS) is 18.0. The molecule has 17 heavy (non-hydrogen) atoms. The molecule has 1 saturated carbocycles. The minimum atomic E-state index is 0.166. The molecule has 1 aromatic carbocycles. The molecule has 0 radical (unpaired) electrons. The highest BCUT2D eigenvalue weighted by Gasteiger charge is 2.22. The van der Waals surface area contributed by atoms with Crippen LogP contribution in [-0.4, -0.2) is 19.8 Å². The van der Waals surface area contributed by atoms with Crippen molar-refractivity contribution < 1.29 is 9.47 Å². The molecule has 1 atom stereocenters. The Morgan fingerprint density at radius 2 is 1.76 bits per heavy atom. The molecular formula is C14H21NO2. The van der Waals surface area contributed by atoms with Crippen LogP contribution in [-0.2, 0) is 0 Å². The summed E-state index contributed by atoms with van der Waals surface area (Å²) in [5, 5.41) is 0. The first-order chi connectivity index (χ1) is 8.29. The first-order valence-corrected chi connectivity index (χ1v) is 6.32. The van der Waals surface area contributed by atoms with Crippen LogP contribution >= 0.6 is 0 Å². The van der Waals surface area contributed by atoms with Gasteiger partial charge in [0.05, 0.1) is 7.11 Å². The summed E-state index contributed by atoms with van der Waals surface area (Å²) in [4.78, 5) is 0. The molecule has 0 heterocycles. The summed E-state index contributed by atoms with van der Waals surface area (Å²) in [6, 6.07) is 7.80. The second-order valence-corrected chi connectivity index (χ2v) is 4.69. The smallest absolute Gasteiger partial charge is 0.119 e. The van der Waals surface area contributed by atoms with E-state index in [-0.39, 0.29) is 6.04 Å². The Balaban J connectivity index is 1.80. The summed E-state index contributed by atoms with van der Waals surface area (Å²) >= 11 is 0. The Morgan fingerprint density at radius 3 is 2.35 bits per heavy atom. The Morgan fingerprint density at radius 1 is 1.18 bits per heavy atom. The first kappa shape index (κ1) is 12.2. The van der Waals surface area contributed by atoms with Crippen molar-refractivity contribution in [1.29, 1.82) is 0 Å². The fraction of sp³-hybridized carbons (Fsp3) is 0.571. The lowest BCUT2D eigenvalue weighted by atomic mass is 10.00. The molecule has 0 amide bonds. The molecule has 1 fully saturated rings. The molecule has 0 aliphatic heterocycles. The summed E-state index contributed by atoms with van der Waals surface area (Å²) in [5.74, 6) is 2.35. The minimum Gasteiger partial charge on any atom is -0.497 e. The lowest BCUT2D eigenvalue weighted by Gasteiger charge is -2.19. The van der Waals surface area contributed by atoms with Crippen LogP contribution in [0, 0.1) is 5.92 Å². The summed E-state index contributed by atoms with van der Waals surface area (Å²) in [5.41, 5.74) is 6.13. The van der Waals surface area contributed by atoms with Gasteiger partial charge < -0.3 is 15.2 Å². The first-order valence-electron chi connectivity index (χ1n) is 6.32. The standard InChI is InChI=1S/C14H21NO2/c1-16-12-6-8-13(9-7-12)17-10-14(15)11-4-2-3-5-11/h6-9,11,14H,2-5,10,15H2,1H3. The van der Waals surface area contributed by atoms with Crippen LogP contribution in [0.25, 0.3) is 0 Å². The number of nitrogens with two attached hydrogens (primary N) is 1. The molecule has 3 nitrogen and oxygen atoms in total. The zero-order valence-electron chi connectivity index (χ0n) is 10.4. The van der Waals surface area contributed by atoms with Crippen molar-refractivity contribution in [3.8, 4) is 11.5 Å². The average Bonchev–Trinajstić information content (AvgIpc) is 2.90. The van der Waals surface area contributed by atoms with Crippen molar-refractivity contribution in [1.82, 2.24) is 0 Å². The van der Waals surface area contributed by atoms with Gasteiger partial charge in [0.2, 0.25) is 0 Å². The van der Waals surface area contributed by atoms with E-state index < -0.39 is 0 Å². The number of hydrogen-bond acceptors (Lipinski definition) is 3. The van der Waals surface area contributed by atoms with Gasteiger partial charge in [-0.1, -0.05) is 12.8 Å². The Bertz CT molecular complexity index is 331. The van der Waals surface area contributed by atoms with Crippen molar-refractivity contribution >= 4 is 0 Å². The van der Waals surface area contributed by atoms with E-state index in [4.69, 9.17) is 15.2 Å². The van der Waals surface area contributed by atoms with Crippen LogP contribution in [0.2, 0.25) is 0 Å². The van der Waals surface area contributed by atoms with Gasteiger partial charge in [-0.05, 0) is 43.0 Å². The van der Waals surface area contributed by atoms with Gasteiger partial charge in [0.1, 0.15) is 18.1 Å². The highest BCUT2D eigenvalue weighted by atomic mass is 16.5. The Labute approximate surface area is 103 Å². The predicted octanol–water partition coefficient (Wildman–Crippen LogP) is 2.59. The van der Waals surface area contributed by atoms with Crippen LogP contribution in [0.1, 0.15) is 25.7 Å². The lowest BCUT2D eigenvalue weighted by Crippen LogP contribution is -2.34. The monoisotopic (exact) mass is 235 g/mol. The molecule has 0 bridgehead atoms. The lowest BCUT2D eigenvalue weighted by molar-refractivity contribution is 0.247. The van der Waals surface area contributed by atoms with Gasteiger partial charge in [-0.3, -0.25) is 0 Å². The van der Waals surface area contributed by atoms with Gasteiger partial charge in [-0.25, -0.2) is 0 Å². The van der Waals surface area contributed by atoms with Crippen LogP contribution in [0.4, 0.5) is 0 Å². The maximum atomic E-state index is 6.13. The predicted molar refractivity (Wildman–Crippen MR) is 68.4 cm³/mol. The number of ether oxygens (including phenoxy) is 2. The van der Waals surface area contributed by atoms with Gasteiger partial charge in [-0.2, -0.15) is 0 Å². The molecule has 0 spiro atoms. The highest BCUT2D eigenvalue weighted by molar-refractivity contribution is 5.31. The third kappa shape index (κ3) is 3.37. The van der Waals surface area contributed by atoms with E-state index in [0.717, 1.165) is 11.5 Å². The largest absolute Gasteiger partial charge is 0.497 e. The summed E-state index contributed by atoms with van der Waals surface area (Å²) in [7, 11) is 1.66. The fourth-order valence-corrected chi connectivity index (χ4v) is 2.39. The second kappa shape index (κ2) is 5.92. The van der Waals surface area contributed by atoms with Gasteiger partial charge in [0.25, 0.3) is 0 Å². The minimum absolute atomic E-state index is 0.166. The molecule has 1 aromatic rings. The Hall–Kier alpha value is -1.22. The third-order valence-electron chi connectivity index (χ3n) is 3.51. The van der Waals surface area contributed by atoms with Crippen molar-refractivity contribution in [2.45, 2.75) is 31.7 Å². The van der Waals surface area contributed by atoms with E-state index in [9.17, 15) is 0 Å². The molecule has 0 saturated heterocycles. The van der Waals surface area contributed by atoms with Crippen molar-refractivity contribution in [3.63, 3.8) is 0 Å². The van der Waals surface area contributed by atoms with Gasteiger partial charge >= 0.3 is 0 Å². The second-order valence-electron chi connectivity index (χ2n) is 4.69. The maximum absolute atomic E-state index is 6.13. The van der Waals surface area contributed by atoms with Gasteiger partial charge in [0.15, 0.2) is 0 Å². The van der Waals surface area contributed by atoms with Crippen molar-refractivity contribution in [2.75, 3.05) is 13.7 Å². The van der Waals surface area contributed by atoms with Crippen LogP contribution in [0.5, 0.6) is 11.5 Å². The molecule has 2 rings (SSSR count). The van der Waals surface area contributed by atoms with Crippen molar-refractivity contribution in [3.05, 3.63) is 24.3 Å². The molecule has 1 aliphatic rings. The van der Waals surface area contributed by atoms with Crippen LogP contribution < -0.4 is 15.2 Å². The maximum Gasteiger partial charge on any atom is 0.119 e. The SMILES string of the molecule is COc1ccc(OCC(N)C2CCCC2)cc1. The van der Waals surface area contributed by atoms with E-state index in [1.54, 1.807) is 7.11 Å². The quantitative estimate of drug-likeness (QED) is 0.853. The van der Waals surface area contributed by atoms with E-state index in [2.05, 4.69) is 0 Å². The summed E-state index contributed by atoms with van der Waals surface area (Å²) in [6.07, 6.45) is 5.15. The molecule has 2 N–H and O–H groups in total. The van der Waals surface area contributed by atoms with Gasteiger partial charge in [0, 0.05) is 6.04 Å². The van der Waals surface area contributed by atoms with Crippen molar-refractivity contribution in [2.24, 2.45) is 11.7 Å². The van der Waals surface area contributed by atoms with Crippen LogP contribution in [0.15, 0.2) is 24.3 Å². The summed E-state index contributed by atoms with van der Waals surface area (Å²) < 4.78 is 10.8. The van der Waals surface area contributed by atoms with Crippen LogP contribution in [0.3, 0.4) is 0 Å². The zero-order valence-corrected chi connectivity index (χ0v) is 10.4. The van der Waals surface area contributed by atoms with E-state index in [1.807, 2.05) is 24.3 Å². The number of hydrogen-bond donors (Lipinski definition) is 1. The van der Waals surface area contributed by atoms with E-state index >= 15 is 0 Å².